The highest BCUT2D eigenvalue weighted by Crippen LogP contribution is 2.34. The summed E-state index contributed by atoms with van der Waals surface area (Å²) in [7, 11) is 0. The Hall–Kier alpha value is -1.76. The lowest BCUT2D eigenvalue weighted by Crippen LogP contribution is -2.59. The molecule has 1 aliphatic carbocycles. The maximum atomic E-state index is 13.3. The van der Waals surface area contributed by atoms with Crippen molar-refractivity contribution in [1.29, 1.82) is 0 Å². The number of benzene rings is 1. The third kappa shape index (κ3) is 4.39. The van der Waals surface area contributed by atoms with Crippen molar-refractivity contribution >= 4 is 0 Å². The minimum Gasteiger partial charge on any atom is -0.379 e. The monoisotopic (exact) mass is 400 g/mol. The summed E-state index contributed by atoms with van der Waals surface area (Å²) in [6, 6.07) is 6.53. The maximum Gasteiger partial charge on any atom is 0.123 e. The molecule has 5 nitrogen and oxygen atoms in total. The Kier molecular flexibility index (Phi) is 6.32. The van der Waals surface area contributed by atoms with E-state index in [1.54, 1.807) is 12.1 Å². The molecule has 1 saturated heterocycles. The standard InChI is InChI=1S/C23H33FN4O/c1-18-22(19(2)28(26-18)21-8-6-20(24)7-9-21)16-25-17-23(10-4-3-5-11-23)27-12-14-29-15-13-27/h6-9,25H,3-5,10-17H2,1-2H3. The molecule has 1 aromatic carbocycles. The zero-order valence-electron chi connectivity index (χ0n) is 17.7. The molecule has 1 aromatic heterocycles. The minimum atomic E-state index is -0.224. The molecule has 158 valence electrons. The first-order chi connectivity index (χ1) is 14.1. The number of morpholine rings is 1. The number of ether oxygens (including phenoxy) is 1. The number of nitrogens with zero attached hydrogens (tertiary/aromatic N) is 3. The van der Waals surface area contributed by atoms with Gasteiger partial charge in [-0.25, -0.2) is 9.07 Å². The highest BCUT2D eigenvalue weighted by atomic mass is 19.1. The van der Waals surface area contributed by atoms with E-state index >= 15 is 0 Å². The van der Waals surface area contributed by atoms with Crippen LogP contribution in [0.5, 0.6) is 0 Å². The SMILES string of the molecule is Cc1nn(-c2ccc(F)cc2)c(C)c1CNCC1(N2CCOCC2)CCCCC1. The normalized spacial score (nSPS) is 20.1. The van der Waals surface area contributed by atoms with Crippen LogP contribution in [-0.2, 0) is 11.3 Å². The van der Waals surface area contributed by atoms with E-state index in [2.05, 4.69) is 24.1 Å². The van der Waals surface area contributed by atoms with Crippen molar-refractivity contribution in [2.24, 2.45) is 0 Å². The predicted molar refractivity (Wildman–Crippen MR) is 113 cm³/mol. The summed E-state index contributed by atoms with van der Waals surface area (Å²) >= 11 is 0. The molecule has 0 radical (unpaired) electrons. The predicted octanol–water partition coefficient (Wildman–Crippen LogP) is 3.75. The molecule has 1 aliphatic heterocycles. The number of aryl methyl sites for hydroxylation is 1. The van der Waals surface area contributed by atoms with Gasteiger partial charge in [-0.15, -0.1) is 0 Å². The number of hydrogen-bond donors (Lipinski definition) is 1. The molecule has 1 saturated carbocycles. The Labute approximate surface area is 173 Å². The second kappa shape index (κ2) is 8.94. The van der Waals surface area contributed by atoms with Crippen LogP contribution in [0.4, 0.5) is 4.39 Å². The van der Waals surface area contributed by atoms with E-state index in [0.29, 0.717) is 0 Å². The van der Waals surface area contributed by atoms with E-state index in [0.717, 1.165) is 56.5 Å². The molecular formula is C23H33FN4O. The first-order valence-corrected chi connectivity index (χ1v) is 10.9. The molecule has 6 heteroatoms. The van der Waals surface area contributed by atoms with Gasteiger partial charge in [-0.2, -0.15) is 5.10 Å². The van der Waals surface area contributed by atoms with Gasteiger partial charge in [0.25, 0.3) is 0 Å². The van der Waals surface area contributed by atoms with Gasteiger partial charge in [-0.05, 0) is 51.0 Å². The summed E-state index contributed by atoms with van der Waals surface area (Å²) in [4.78, 5) is 2.67. The van der Waals surface area contributed by atoms with Crippen molar-refractivity contribution in [1.82, 2.24) is 20.0 Å². The van der Waals surface area contributed by atoms with Crippen LogP contribution in [-0.4, -0.2) is 53.1 Å². The third-order valence-corrected chi connectivity index (χ3v) is 6.73. The Morgan fingerprint density at radius 2 is 1.76 bits per heavy atom. The number of hydrogen-bond acceptors (Lipinski definition) is 4. The minimum absolute atomic E-state index is 0.224. The van der Waals surface area contributed by atoms with Crippen molar-refractivity contribution in [2.75, 3.05) is 32.8 Å². The van der Waals surface area contributed by atoms with Crippen LogP contribution >= 0.6 is 0 Å². The molecule has 2 aliphatic rings. The van der Waals surface area contributed by atoms with Gasteiger partial charge in [0.2, 0.25) is 0 Å². The fourth-order valence-electron chi connectivity index (χ4n) is 5.04. The molecule has 2 aromatic rings. The molecule has 4 rings (SSSR count). The van der Waals surface area contributed by atoms with Gasteiger partial charge in [0.1, 0.15) is 5.82 Å². The number of halogens is 1. The summed E-state index contributed by atoms with van der Waals surface area (Å²) in [5, 5.41) is 8.48. The summed E-state index contributed by atoms with van der Waals surface area (Å²) in [6.45, 7) is 9.76. The topological polar surface area (TPSA) is 42.3 Å². The maximum absolute atomic E-state index is 13.3. The van der Waals surface area contributed by atoms with Crippen LogP contribution in [0.15, 0.2) is 24.3 Å². The smallest absolute Gasteiger partial charge is 0.123 e. The van der Waals surface area contributed by atoms with E-state index in [1.807, 2.05) is 4.68 Å². The lowest BCUT2D eigenvalue weighted by atomic mass is 9.79. The quantitative estimate of drug-likeness (QED) is 0.802. The average molecular weight is 401 g/mol. The van der Waals surface area contributed by atoms with Gasteiger partial charge in [-0.1, -0.05) is 19.3 Å². The molecule has 0 amide bonds. The molecular weight excluding hydrogens is 367 g/mol. The zero-order chi connectivity index (χ0) is 20.3. The van der Waals surface area contributed by atoms with Crippen molar-refractivity contribution in [2.45, 2.75) is 58.0 Å². The van der Waals surface area contributed by atoms with Crippen LogP contribution in [0.1, 0.15) is 49.1 Å². The van der Waals surface area contributed by atoms with Crippen LogP contribution in [0.3, 0.4) is 0 Å². The van der Waals surface area contributed by atoms with Crippen LogP contribution in [0.25, 0.3) is 5.69 Å². The fraction of sp³-hybridized carbons (Fsp3) is 0.609. The number of rotatable bonds is 6. The molecule has 1 N–H and O–H groups in total. The van der Waals surface area contributed by atoms with E-state index in [4.69, 9.17) is 9.84 Å². The van der Waals surface area contributed by atoms with Gasteiger partial charge < -0.3 is 10.1 Å². The van der Waals surface area contributed by atoms with Crippen molar-refractivity contribution in [3.8, 4) is 5.69 Å². The van der Waals surface area contributed by atoms with Crippen molar-refractivity contribution in [3.63, 3.8) is 0 Å². The second-order valence-corrected chi connectivity index (χ2v) is 8.53. The molecule has 2 heterocycles. The van der Waals surface area contributed by atoms with E-state index in [1.165, 1.54) is 49.8 Å². The van der Waals surface area contributed by atoms with Gasteiger partial charge >= 0.3 is 0 Å². The molecule has 0 atom stereocenters. The number of aromatic nitrogens is 2. The van der Waals surface area contributed by atoms with E-state index in [9.17, 15) is 4.39 Å². The molecule has 29 heavy (non-hydrogen) atoms. The van der Waals surface area contributed by atoms with E-state index < -0.39 is 0 Å². The van der Waals surface area contributed by atoms with Crippen LogP contribution in [0, 0.1) is 19.7 Å². The summed E-state index contributed by atoms with van der Waals surface area (Å²) in [5.41, 5.74) is 4.54. The highest BCUT2D eigenvalue weighted by Gasteiger charge is 2.38. The Balaban J connectivity index is 1.46. The van der Waals surface area contributed by atoms with E-state index in [-0.39, 0.29) is 11.4 Å². The summed E-state index contributed by atoms with van der Waals surface area (Å²) < 4.78 is 20.8. The Bertz CT molecular complexity index is 805. The molecule has 0 bridgehead atoms. The lowest BCUT2D eigenvalue weighted by Gasteiger charge is -2.48. The first kappa shape index (κ1) is 20.5. The average Bonchev–Trinajstić information content (AvgIpc) is 3.04. The van der Waals surface area contributed by atoms with Crippen molar-refractivity contribution in [3.05, 3.63) is 47.0 Å². The van der Waals surface area contributed by atoms with Crippen molar-refractivity contribution < 1.29 is 9.13 Å². The summed E-state index contributed by atoms with van der Waals surface area (Å²) in [5.74, 6) is -0.224. The fourth-order valence-corrected chi connectivity index (χ4v) is 5.04. The zero-order valence-corrected chi connectivity index (χ0v) is 17.7. The lowest BCUT2D eigenvalue weighted by molar-refractivity contribution is -0.0369. The Morgan fingerprint density at radius 3 is 2.45 bits per heavy atom. The first-order valence-electron chi connectivity index (χ1n) is 10.9. The summed E-state index contributed by atoms with van der Waals surface area (Å²) in [6.07, 6.45) is 6.54. The third-order valence-electron chi connectivity index (χ3n) is 6.73. The number of nitrogens with one attached hydrogen (secondary N) is 1. The Morgan fingerprint density at radius 1 is 1.07 bits per heavy atom. The van der Waals surface area contributed by atoms with Gasteiger partial charge in [-0.3, -0.25) is 4.90 Å². The van der Waals surface area contributed by atoms with Gasteiger partial charge in [0, 0.05) is 43.0 Å². The largest absolute Gasteiger partial charge is 0.379 e. The highest BCUT2D eigenvalue weighted by molar-refractivity contribution is 5.37. The second-order valence-electron chi connectivity index (χ2n) is 8.53. The van der Waals surface area contributed by atoms with Gasteiger partial charge in [0.05, 0.1) is 24.6 Å². The van der Waals surface area contributed by atoms with Crippen LogP contribution < -0.4 is 5.32 Å². The van der Waals surface area contributed by atoms with Crippen LogP contribution in [0.2, 0.25) is 0 Å². The van der Waals surface area contributed by atoms with Gasteiger partial charge in [0.15, 0.2) is 0 Å². The molecule has 0 unspecified atom stereocenters. The molecule has 2 fully saturated rings. The molecule has 0 spiro atoms.